The van der Waals surface area contributed by atoms with Gasteiger partial charge in [-0.15, -0.1) is 0 Å². The van der Waals surface area contributed by atoms with Crippen LogP contribution >= 0.6 is 11.6 Å². The second-order valence-electron chi connectivity index (χ2n) is 3.36. The van der Waals surface area contributed by atoms with Crippen LogP contribution in [0, 0.1) is 11.3 Å². The molecule has 0 aliphatic heterocycles. The number of halogens is 1. The summed E-state index contributed by atoms with van der Waals surface area (Å²) in [7, 11) is 1.46. The van der Waals surface area contributed by atoms with Gasteiger partial charge >= 0.3 is 0 Å². The number of benzene rings is 1. The standard InChI is InChI=1S/C11H12ClN3O2/c1-17-6-10(14)11(16)15-8-2-3-9(12)7(4-8)5-13/h2-4,10H,6,14H2,1H3,(H,15,16). The molecule has 0 saturated carbocycles. The molecule has 0 saturated heterocycles. The Bertz CT molecular complexity index is 457. The Balaban J connectivity index is 2.76. The molecule has 0 bridgehead atoms. The zero-order valence-electron chi connectivity index (χ0n) is 9.24. The molecule has 0 aliphatic carbocycles. The molecule has 17 heavy (non-hydrogen) atoms. The lowest BCUT2D eigenvalue weighted by Crippen LogP contribution is -2.39. The highest BCUT2D eigenvalue weighted by atomic mass is 35.5. The fraction of sp³-hybridized carbons (Fsp3) is 0.273. The van der Waals surface area contributed by atoms with E-state index in [1.54, 1.807) is 6.07 Å². The van der Waals surface area contributed by atoms with Gasteiger partial charge in [0.15, 0.2) is 0 Å². The number of methoxy groups -OCH3 is 1. The first-order valence-corrected chi connectivity index (χ1v) is 5.21. The number of nitriles is 1. The molecule has 90 valence electrons. The summed E-state index contributed by atoms with van der Waals surface area (Å²) in [6.45, 7) is 0.129. The van der Waals surface area contributed by atoms with Gasteiger partial charge in [-0.25, -0.2) is 0 Å². The van der Waals surface area contributed by atoms with Crippen LogP contribution in [0.15, 0.2) is 18.2 Å². The molecule has 0 aliphatic rings. The number of carbonyl (C=O) groups excluding carboxylic acids is 1. The van der Waals surface area contributed by atoms with Gasteiger partial charge in [-0.05, 0) is 18.2 Å². The minimum absolute atomic E-state index is 0.129. The van der Waals surface area contributed by atoms with Gasteiger partial charge in [-0.3, -0.25) is 4.79 Å². The highest BCUT2D eigenvalue weighted by Crippen LogP contribution is 2.19. The number of carbonyl (C=O) groups is 1. The Hall–Kier alpha value is -1.61. The Morgan fingerprint density at radius 2 is 2.41 bits per heavy atom. The number of nitrogens with zero attached hydrogens (tertiary/aromatic N) is 1. The minimum Gasteiger partial charge on any atom is -0.383 e. The van der Waals surface area contributed by atoms with Crippen LogP contribution in [-0.2, 0) is 9.53 Å². The van der Waals surface area contributed by atoms with Crippen molar-refractivity contribution >= 4 is 23.2 Å². The Morgan fingerprint density at radius 3 is 3.00 bits per heavy atom. The largest absolute Gasteiger partial charge is 0.383 e. The number of nitrogens with two attached hydrogens (primary N) is 1. The van der Waals surface area contributed by atoms with Gasteiger partial charge in [-0.1, -0.05) is 11.6 Å². The normalized spacial score (nSPS) is 11.6. The molecule has 6 heteroatoms. The molecule has 1 amide bonds. The third kappa shape index (κ3) is 3.71. The third-order valence-electron chi connectivity index (χ3n) is 2.04. The van der Waals surface area contributed by atoms with Crippen LogP contribution < -0.4 is 11.1 Å². The zero-order valence-corrected chi connectivity index (χ0v) is 9.99. The van der Waals surface area contributed by atoms with Crippen molar-refractivity contribution in [1.29, 1.82) is 5.26 Å². The lowest BCUT2D eigenvalue weighted by Gasteiger charge is -2.11. The average Bonchev–Trinajstić information content (AvgIpc) is 2.31. The van der Waals surface area contributed by atoms with E-state index < -0.39 is 6.04 Å². The molecule has 0 aromatic heterocycles. The van der Waals surface area contributed by atoms with E-state index in [1.807, 2.05) is 6.07 Å². The molecule has 1 rings (SSSR count). The molecule has 5 nitrogen and oxygen atoms in total. The molecule has 1 aromatic rings. The summed E-state index contributed by atoms with van der Waals surface area (Å²) in [6.07, 6.45) is 0. The van der Waals surface area contributed by atoms with Crippen molar-refractivity contribution in [2.24, 2.45) is 5.73 Å². The summed E-state index contributed by atoms with van der Waals surface area (Å²) in [6, 6.07) is 5.80. The van der Waals surface area contributed by atoms with E-state index in [0.29, 0.717) is 16.3 Å². The SMILES string of the molecule is COCC(N)C(=O)Nc1ccc(Cl)c(C#N)c1. The van der Waals surface area contributed by atoms with Gasteiger partial charge in [0.1, 0.15) is 12.1 Å². The highest BCUT2D eigenvalue weighted by molar-refractivity contribution is 6.31. The second kappa shape index (κ2) is 6.21. The number of hydrogen-bond acceptors (Lipinski definition) is 4. The summed E-state index contributed by atoms with van der Waals surface area (Å²) in [5.74, 6) is -0.377. The maximum Gasteiger partial charge on any atom is 0.243 e. The predicted octanol–water partition coefficient (Wildman–Crippen LogP) is 1.12. The van der Waals surface area contributed by atoms with Crippen molar-refractivity contribution in [3.05, 3.63) is 28.8 Å². The van der Waals surface area contributed by atoms with E-state index in [0.717, 1.165) is 0 Å². The smallest absolute Gasteiger partial charge is 0.243 e. The van der Waals surface area contributed by atoms with Gasteiger partial charge in [0.2, 0.25) is 5.91 Å². The lowest BCUT2D eigenvalue weighted by molar-refractivity contribution is -0.118. The number of rotatable bonds is 4. The summed E-state index contributed by atoms with van der Waals surface area (Å²) in [4.78, 5) is 11.6. The number of hydrogen-bond donors (Lipinski definition) is 2. The second-order valence-corrected chi connectivity index (χ2v) is 3.76. The molecule has 1 unspecified atom stereocenters. The van der Waals surface area contributed by atoms with Crippen LogP contribution in [0.25, 0.3) is 0 Å². The molecule has 1 aromatic carbocycles. The van der Waals surface area contributed by atoms with Crippen molar-refractivity contribution in [1.82, 2.24) is 0 Å². The Kier molecular flexibility index (Phi) is 4.91. The van der Waals surface area contributed by atoms with Crippen LogP contribution in [0.1, 0.15) is 5.56 Å². The molecule has 0 heterocycles. The van der Waals surface area contributed by atoms with Gasteiger partial charge in [0.05, 0.1) is 17.2 Å². The molecule has 1 atom stereocenters. The summed E-state index contributed by atoms with van der Waals surface area (Å²) in [5.41, 5.74) is 6.32. The van der Waals surface area contributed by atoms with Crippen LogP contribution in [-0.4, -0.2) is 25.7 Å². The van der Waals surface area contributed by atoms with E-state index in [4.69, 9.17) is 27.3 Å². The number of anilines is 1. The van der Waals surface area contributed by atoms with E-state index >= 15 is 0 Å². The summed E-state index contributed by atoms with van der Waals surface area (Å²) >= 11 is 5.77. The first-order valence-electron chi connectivity index (χ1n) is 4.83. The Morgan fingerprint density at radius 1 is 1.71 bits per heavy atom. The maximum absolute atomic E-state index is 11.6. The highest BCUT2D eigenvalue weighted by Gasteiger charge is 2.13. The monoisotopic (exact) mass is 253 g/mol. The van der Waals surface area contributed by atoms with Crippen molar-refractivity contribution in [3.8, 4) is 6.07 Å². The fourth-order valence-electron chi connectivity index (χ4n) is 1.18. The number of ether oxygens (including phenoxy) is 1. The Labute approximate surface area is 104 Å². The minimum atomic E-state index is -0.749. The topological polar surface area (TPSA) is 88.1 Å². The number of nitrogens with one attached hydrogen (secondary N) is 1. The lowest BCUT2D eigenvalue weighted by atomic mass is 10.2. The molecule has 0 spiro atoms. The van der Waals surface area contributed by atoms with Gasteiger partial charge in [-0.2, -0.15) is 5.26 Å². The van der Waals surface area contributed by atoms with E-state index in [-0.39, 0.29) is 12.5 Å². The molecule has 0 fully saturated rings. The van der Waals surface area contributed by atoms with Crippen LogP contribution in [0.2, 0.25) is 5.02 Å². The maximum atomic E-state index is 11.6. The van der Waals surface area contributed by atoms with Crippen LogP contribution in [0.3, 0.4) is 0 Å². The van der Waals surface area contributed by atoms with Crippen LogP contribution in [0.4, 0.5) is 5.69 Å². The first-order chi connectivity index (χ1) is 8.08. The van der Waals surface area contributed by atoms with Gasteiger partial charge < -0.3 is 15.8 Å². The fourth-order valence-corrected chi connectivity index (χ4v) is 1.34. The molecular weight excluding hydrogens is 242 g/mol. The van der Waals surface area contributed by atoms with E-state index in [2.05, 4.69) is 5.32 Å². The van der Waals surface area contributed by atoms with Crippen molar-refractivity contribution in [2.45, 2.75) is 6.04 Å². The van der Waals surface area contributed by atoms with Crippen molar-refractivity contribution < 1.29 is 9.53 Å². The van der Waals surface area contributed by atoms with E-state index in [9.17, 15) is 4.79 Å². The average molecular weight is 254 g/mol. The molecule has 0 radical (unpaired) electrons. The van der Waals surface area contributed by atoms with Crippen molar-refractivity contribution in [2.75, 3.05) is 19.0 Å². The third-order valence-corrected chi connectivity index (χ3v) is 2.37. The van der Waals surface area contributed by atoms with Crippen molar-refractivity contribution in [3.63, 3.8) is 0 Å². The quantitative estimate of drug-likeness (QED) is 0.842. The zero-order chi connectivity index (χ0) is 12.8. The van der Waals surface area contributed by atoms with Crippen LogP contribution in [0.5, 0.6) is 0 Å². The van der Waals surface area contributed by atoms with Gasteiger partial charge in [0.25, 0.3) is 0 Å². The number of amides is 1. The summed E-state index contributed by atoms with van der Waals surface area (Å²) < 4.78 is 4.77. The van der Waals surface area contributed by atoms with Gasteiger partial charge in [0, 0.05) is 12.8 Å². The predicted molar refractivity (Wildman–Crippen MR) is 64.6 cm³/mol. The summed E-state index contributed by atoms with van der Waals surface area (Å²) in [5, 5.41) is 11.7. The molecule has 3 N–H and O–H groups in total. The molecular formula is C11H12ClN3O2. The van der Waals surface area contributed by atoms with E-state index in [1.165, 1.54) is 19.2 Å². The first kappa shape index (κ1) is 13.5.